The minimum atomic E-state index is -0.674. The molecule has 0 saturated heterocycles. The zero-order valence-corrected chi connectivity index (χ0v) is 12.8. The van der Waals surface area contributed by atoms with E-state index < -0.39 is 6.10 Å². The van der Waals surface area contributed by atoms with Crippen LogP contribution in [-0.2, 0) is 0 Å². The Bertz CT molecular complexity index is 624. The standard InChI is InChI=1S/C15H11Cl3O2/c1-9(15(19)10-5-7-11(16)8-6-10)20-13-4-2-3-12(17)14(13)18/h2-9H,1H3. The highest BCUT2D eigenvalue weighted by atomic mass is 35.5. The van der Waals surface area contributed by atoms with Crippen LogP contribution in [0.1, 0.15) is 17.3 Å². The summed E-state index contributed by atoms with van der Waals surface area (Å²) in [5.74, 6) is 0.228. The second-order valence-electron chi connectivity index (χ2n) is 4.18. The van der Waals surface area contributed by atoms with Gasteiger partial charge in [0, 0.05) is 10.6 Å². The highest BCUT2D eigenvalue weighted by Gasteiger charge is 2.18. The lowest BCUT2D eigenvalue weighted by Crippen LogP contribution is -2.24. The van der Waals surface area contributed by atoms with Crippen LogP contribution >= 0.6 is 34.8 Å². The Hall–Kier alpha value is -1.22. The Balaban J connectivity index is 2.15. The van der Waals surface area contributed by atoms with Crippen LogP contribution in [0.2, 0.25) is 15.1 Å². The molecule has 1 atom stereocenters. The van der Waals surface area contributed by atoms with E-state index in [9.17, 15) is 4.79 Å². The molecule has 0 bridgehead atoms. The third kappa shape index (κ3) is 3.45. The number of carbonyl (C=O) groups is 1. The lowest BCUT2D eigenvalue weighted by atomic mass is 10.1. The van der Waals surface area contributed by atoms with Crippen LogP contribution in [0.4, 0.5) is 0 Å². The molecular weight excluding hydrogens is 319 g/mol. The van der Waals surface area contributed by atoms with Gasteiger partial charge in [-0.2, -0.15) is 0 Å². The smallest absolute Gasteiger partial charge is 0.202 e. The van der Waals surface area contributed by atoms with E-state index in [2.05, 4.69) is 0 Å². The lowest BCUT2D eigenvalue weighted by molar-refractivity contribution is 0.0818. The first-order valence-electron chi connectivity index (χ1n) is 5.89. The quantitative estimate of drug-likeness (QED) is 0.712. The SMILES string of the molecule is CC(Oc1cccc(Cl)c1Cl)C(=O)c1ccc(Cl)cc1. The van der Waals surface area contributed by atoms with Crippen molar-refractivity contribution in [3.8, 4) is 5.75 Å². The summed E-state index contributed by atoms with van der Waals surface area (Å²) in [6.45, 7) is 1.66. The van der Waals surface area contributed by atoms with Crippen LogP contribution in [0.5, 0.6) is 5.75 Å². The summed E-state index contributed by atoms with van der Waals surface area (Å²) in [4.78, 5) is 12.2. The van der Waals surface area contributed by atoms with Gasteiger partial charge >= 0.3 is 0 Å². The topological polar surface area (TPSA) is 26.3 Å². The molecule has 0 fully saturated rings. The third-order valence-electron chi connectivity index (χ3n) is 2.72. The second kappa shape index (κ2) is 6.49. The van der Waals surface area contributed by atoms with E-state index in [1.54, 1.807) is 49.4 Å². The number of hydrogen-bond donors (Lipinski definition) is 0. The summed E-state index contributed by atoms with van der Waals surface area (Å²) in [6.07, 6.45) is -0.674. The first kappa shape index (κ1) is 15.2. The molecule has 2 aromatic rings. The van der Waals surface area contributed by atoms with Crippen LogP contribution in [0, 0.1) is 0 Å². The van der Waals surface area contributed by atoms with Crippen molar-refractivity contribution in [1.29, 1.82) is 0 Å². The molecule has 0 aromatic heterocycles. The number of ketones is 1. The maximum Gasteiger partial charge on any atom is 0.202 e. The van der Waals surface area contributed by atoms with Crippen LogP contribution in [0.25, 0.3) is 0 Å². The van der Waals surface area contributed by atoms with Gasteiger partial charge in [-0.05, 0) is 43.3 Å². The van der Waals surface area contributed by atoms with Crippen molar-refractivity contribution in [1.82, 2.24) is 0 Å². The minimum absolute atomic E-state index is 0.155. The van der Waals surface area contributed by atoms with Gasteiger partial charge < -0.3 is 4.74 Å². The lowest BCUT2D eigenvalue weighted by Gasteiger charge is -2.15. The Kier molecular flexibility index (Phi) is 4.92. The van der Waals surface area contributed by atoms with Gasteiger partial charge in [0.05, 0.1) is 5.02 Å². The molecule has 0 radical (unpaired) electrons. The molecule has 5 heteroatoms. The van der Waals surface area contributed by atoms with Crippen molar-refractivity contribution in [3.05, 3.63) is 63.1 Å². The monoisotopic (exact) mass is 328 g/mol. The fourth-order valence-corrected chi connectivity index (χ4v) is 2.13. The van der Waals surface area contributed by atoms with E-state index in [-0.39, 0.29) is 5.78 Å². The summed E-state index contributed by atoms with van der Waals surface area (Å²) in [5.41, 5.74) is 0.528. The van der Waals surface area contributed by atoms with Crippen LogP contribution in [0.15, 0.2) is 42.5 Å². The van der Waals surface area contributed by atoms with E-state index in [1.165, 1.54) is 0 Å². The van der Waals surface area contributed by atoms with Gasteiger partial charge in [-0.1, -0.05) is 40.9 Å². The van der Waals surface area contributed by atoms with Gasteiger partial charge in [-0.3, -0.25) is 4.79 Å². The first-order chi connectivity index (χ1) is 9.49. The molecule has 0 amide bonds. The molecule has 0 spiro atoms. The van der Waals surface area contributed by atoms with Crippen molar-refractivity contribution < 1.29 is 9.53 Å². The van der Waals surface area contributed by atoms with Gasteiger partial charge in [0.15, 0.2) is 6.10 Å². The van der Waals surface area contributed by atoms with Gasteiger partial charge in [-0.25, -0.2) is 0 Å². The summed E-state index contributed by atoms with van der Waals surface area (Å²) >= 11 is 17.7. The van der Waals surface area contributed by atoms with Crippen molar-refractivity contribution in [2.75, 3.05) is 0 Å². The van der Waals surface area contributed by atoms with E-state index in [0.717, 1.165) is 0 Å². The molecule has 104 valence electrons. The molecule has 1 unspecified atom stereocenters. The zero-order chi connectivity index (χ0) is 14.7. The van der Waals surface area contributed by atoms with E-state index in [4.69, 9.17) is 39.5 Å². The molecule has 0 aliphatic rings. The van der Waals surface area contributed by atoms with E-state index in [1.807, 2.05) is 0 Å². The molecule has 20 heavy (non-hydrogen) atoms. The maximum absolute atomic E-state index is 12.2. The van der Waals surface area contributed by atoms with Crippen molar-refractivity contribution >= 4 is 40.6 Å². The number of Topliss-reactive ketones (excluding diaryl/α,β-unsaturated/α-hetero) is 1. The van der Waals surface area contributed by atoms with Crippen molar-refractivity contribution in [2.45, 2.75) is 13.0 Å². The molecule has 0 aliphatic heterocycles. The van der Waals surface area contributed by atoms with E-state index >= 15 is 0 Å². The Labute approximate surface area is 132 Å². The summed E-state index contributed by atoms with van der Waals surface area (Å²) in [7, 11) is 0. The molecule has 2 rings (SSSR count). The predicted molar refractivity (Wildman–Crippen MR) is 82.3 cm³/mol. The highest BCUT2D eigenvalue weighted by Crippen LogP contribution is 2.32. The fourth-order valence-electron chi connectivity index (χ4n) is 1.67. The van der Waals surface area contributed by atoms with Gasteiger partial charge in [0.25, 0.3) is 0 Å². The fraction of sp³-hybridized carbons (Fsp3) is 0.133. The first-order valence-corrected chi connectivity index (χ1v) is 7.03. The summed E-state index contributed by atoms with van der Waals surface area (Å²) in [6, 6.07) is 11.7. The Morgan fingerprint density at radius 1 is 1.05 bits per heavy atom. The average molecular weight is 330 g/mol. The van der Waals surface area contributed by atoms with Crippen LogP contribution < -0.4 is 4.74 Å². The second-order valence-corrected chi connectivity index (χ2v) is 5.40. The van der Waals surface area contributed by atoms with Gasteiger partial charge in [0.2, 0.25) is 5.78 Å². The maximum atomic E-state index is 12.2. The largest absolute Gasteiger partial charge is 0.481 e. The molecule has 2 aromatic carbocycles. The normalized spacial score (nSPS) is 12.0. The minimum Gasteiger partial charge on any atom is -0.481 e. The molecule has 0 heterocycles. The summed E-state index contributed by atoms with van der Waals surface area (Å²) < 4.78 is 5.57. The number of benzene rings is 2. The number of hydrogen-bond acceptors (Lipinski definition) is 2. The predicted octanol–water partition coefficient (Wildman–Crippen LogP) is 5.30. The van der Waals surface area contributed by atoms with Crippen LogP contribution in [0.3, 0.4) is 0 Å². The molecule has 2 nitrogen and oxygen atoms in total. The third-order valence-corrected chi connectivity index (χ3v) is 3.77. The average Bonchev–Trinajstić information content (AvgIpc) is 2.44. The Morgan fingerprint density at radius 2 is 1.70 bits per heavy atom. The molecule has 0 saturated carbocycles. The molecular formula is C15H11Cl3O2. The number of rotatable bonds is 4. The number of carbonyl (C=O) groups excluding carboxylic acids is 1. The van der Waals surface area contributed by atoms with Gasteiger partial charge in [0.1, 0.15) is 10.8 Å². The summed E-state index contributed by atoms with van der Waals surface area (Å²) in [5, 5.41) is 1.26. The molecule has 0 N–H and O–H groups in total. The van der Waals surface area contributed by atoms with Crippen LogP contribution in [-0.4, -0.2) is 11.9 Å². The number of halogens is 3. The Morgan fingerprint density at radius 3 is 2.35 bits per heavy atom. The zero-order valence-electron chi connectivity index (χ0n) is 10.6. The van der Waals surface area contributed by atoms with Gasteiger partial charge in [-0.15, -0.1) is 0 Å². The molecule has 0 aliphatic carbocycles. The van der Waals surface area contributed by atoms with E-state index in [0.29, 0.717) is 26.4 Å². The number of ether oxygens (including phenoxy) is 1. The van der Waals surface area contributed by atoms with Crippen molar-refractivity contribution in [3.63, 3.8) is 0 Å². The van der Waals surface area contributed by atoms with Crippen molar-refractivity contribution in [2.24, 2.45) is 0 Å². The highest BCUT2D eigenvalue weighted by molar-refractivity contribution is 6.42.